The van der Waals surface area contributed by atoms with Gasteiger partial charge in [-0.25, -0.2) is 14.0 Å². The molecule has 1 aliphatic heterocycles. The first kappa shape index (κ1) is 29.9. The minimum Gasteiger partial charge on any atom is -0.478 e. The Bertz CT molecular complexity index is 1400. The standard InChI is InChI=1S/C26H26FN3O3.C2HF3O2/c1-17-6-5-7-20(14-17)30-13-12-29(16-18(30)2)24-11-10-19(26(32)33)15-23(24)28-25(31)21-8-3-4-9-22(21)27;3-2(4,5)1(6)7/h3-11,14-15,18H,12-13,16H2,1-2H3,(H,28,31)(H,32,33);(H,6,7). The zero-order valence-electron chi connectivity index (χ0n) is 21.6. The molecule has 4 rings (SSSR count). The van der Waals surface area contributed by atoms with Crippen molar-refractivity contribution in [3.05, 3.63) is 89.2 Å². The second-order valence-corrected chi connectivity index (χ2v) is 9.10. The first-order chi connectivity index (χ1) is 18.8. The van der Waals surface area contributed by atoms with Gasteiger partial charge in [0, 0.05) is 31.4 Å². The zero-order valence-corrected chi connectivity index (χ0v) is 21.6. The minimum atomic E-state index is -5.08. The average Bonchev–Trinajstić information content (AvgIpc) is 2.88. The molecule has 1 aliphatic rings. The van der Waals surface area contributed by atoms with Crippen molar-refractivity contribution in [2.24, 2.45) is 0 Å². The number of alkyl halides is 3. The summed E-state index contributed by atoms with van der Waals surface area (Å²) in [5, 5.41) is 19.3. The number of hydrogen-bond acceptors (Lipinski definition) is 5. The van der Waals surface area contributed by atoms with Crippen molar-refractivity contribution in [2.75, 3.05) is 34.8 Å². The van der Waals surface area contributed by atoms with Crippen molar-refractivity contribution < 1.29 is 42.2 Å². The summed E-state index contributed by atoms with van der Waals surface area (Å²) >= 11 is 0. The second-order valence-electron chi connectivity index (χ2n) is 9.10. The molecule has 3 aromatic rings. The van der Waals surface area contributed by atoms with Crippen molar-refractivity contribution in [3.8, 4) is 0 Å². The smallest absolute Gasteiger partial charge is 0.478 e. The van der Waals surface area contributed by atoms with Crippen molar-refractivity contribution in [3.63, 3.8) is 0 Å². The van der Waals surface area contributed by atoms with Crippen molar-refractivity contribution >= 4 is 34.9 Å². The van der Waals surface area contributed by atoms with Crippen LogP contribution in [0.15, 0.2) is 66.7 Å². The van der Waals surface area contributed by atoms with Crippen LogP contribution in [-0.2, 0) is 4.79 Å². The summed E-state index contributed by atoms with van der Waals surface area (Å²) in [5.74, 6) is -5.11. The van der Waals surface area contributed by atoms with Gasteiger partial charge in [-0.15, -0.1) is 0 Å². The lowest BCUT2D eigenvalue weighted by atomic mass is 10.1. The van der Waals surface area contributed by atoms with Gasteiger partial charge in [-0.2, -0.15) is 13.2 Å². The summed E-state index contributed by atoms with van der Waals surface area (Å²) in [5.41, 5.74) is 3.37. The maximum atomic E-state index is 14.1. The molecule has 212 valence electrons. The highest BCUT2D eigenvalue weighted by Gasteiger charge is 2.38. The van der Waals surface area contributed by atoms with E-state index in [2.05, 4.69) is 47.2 Å². The monoisotopic (exact) mass is 561 g/mol. The number of carbonyl (C=O) groups excluding carboxylic acids is 1. The van der Waals surface area contributed by atoms with Gasteiger partial charge in [0.2, 0.25) is 0 Å². The van der Waals surface area contributed by atoms with Crippen LogP contribution in [0.4, 0.5) is 34.6 Å². The third kappa shape index (κ3) is 7.49. The van der Waals surface area contributed by atoms with Gasteiger partial charge in [0.25, 0.3) is 5.91 Å². The molecule has 0 saturated carbocycles. The molecular weight excluding hydrogens is 534 g/mol. The number of aliphatic carboxylic acids is 1. The van der Waals surface area contributed by atoms with E-state index < -0.39 is 29.8 Å². The van der Waals surface area contributed by atoms with E-state index >= 15 is 0 Å². The van der Waals surface area contributed by atoms with Crippen LogP contribution in [0.25, 0.3) is 0 Å². The number of rotatable bonds is 5. The molecule has 3 aromatic carbocycles. The van der Waals surface area contributed by atoms with Gasteiger partial charge in [-0.3, -0.25) is 4.79 Å². The Labute approximate surface area is 227 Å². The number of amides is 1. The van der Waals surface area contributed by atoms with Gasteiger partial charge in [-0.1, -0.05) is 24.3 Å². The van der Waals surface area contributed by atoms with Crippen molar-refractivity contribution in [2.45, 2.75) is 26.1 Å². The van der Waals surface area contributed by atoms with Gasteiger partial charge in [0.15, 0.2) is 0 Å². The molecule has 40 heavy (non-hydrogen) atoms. The molecule has 1 atom stereocenters. The van der Waals surface area contributed by atoms with Crippen LogP contribution in [0.2, 0.25) is 0 Å². The Morgan fingerprint density at radius 1 is 0.950 bits per heavy atom. The van der Waals surface area contributed by atoms with Crippen LogP contribution in [0.3, 0.4) is 0 Å². The van der Waals surface area contributed by atoms with Crippen LogP contribution in [0, 0.1) is 12.7 Å². The maximum Gasteiger partial charge on any atom is 0.490 e. The fourth-order valence-electron chi connectivity index (χ4n) is 4.25. The zero-order chi connectivity index (χ0) is 29.6. The minimum absolute atomic E-state index is 0.0500. The van der Waals surface area contributed by atoms with E-state index in [-0.39, 0.29) is 17.2 Å². The molecule has 1 heterocycles. The molecule has 0 radical (unpaired) electrons. The number of anilines is 3. The Morgan fingerprint density at radius 2 is 1.62 bits per heavy atom. The van der Waals surface area contributed by atoms with Gasteiger partial charge in [0.1, 0.15) is 5.82 Å². The molecule has 0 aliphatic carbocycles. The fourth-order valence-corrected chi connectivity index (χ4v) is 4.25. The Kier molecular flexibility index (Phi) is 9.35. The predicted molar refractivity (Wildman–Crippen MR) is 142 cm³/mol. The van der Waals surface area contributed by atoms with Crippen LogP contribution < -0.4 is 15.1 Å². The lowest BCUT2D eigenvalue weighted by molar-refractivity contribution is -0.192. The highest BCUT2D eigenvalue weighted by Crippen LogP contribution is 2.31. The van der Waals surface area contributed by atoms with Gasteiger partial charge < -0.3 is 25.3 Å². The third-order valence-corrected chi connectivity index (χ3v) is 6.15. The van der Waals surface area contributed by atoms with Gasteiger partial charge in [-0.05, 0) is 61.9 Å². The van der Waals surface area contributed by atoms with E-state index in [1.54, 1.807) is 12.1 Å². The number of hydrogen-bond donors (Lipinski definition) is 3. The highest BCUT2D eigenvalue weighted by atomic mass is 19.4. The SMILES string of the molecule is Cc1cccc(N2CCN(c3ccc(C(=O)O)cc3NC(=O)c3ccccc3F)CC2C)c1.O=C(O)C(F)(F)F. The number of nitrogens with one attached hydrogen (secondary N) is 1. The highest BCUT2D eigenvalue weighted by molar-refractivity contribution is 6.07. The average molecular weight is 562 g/mol. The Morgan fingerprint density at radius 3 is 2.20 bits per heavy atom. The van der Waals surface area contributed by atoms with E-state index in [9.17, 15) is 32.3 Å². The van der Waals surface area contributed by atoms with Crippen LogP contribution in [0.1, 0.15) is 33.2 Å². The van der Waals surface area contributed by atoms with Crippen molar-refractivity contribution in [1.82, 2.24) is 0 Å². The summed E-state index contributed by atoms with van der Waals surface area (Å²) < 4.78 is 45.9. The molecule has 0 aromatic heterocycles. The van der Waals surface area contributed by atoms with Crippen molar-refractivity contribution in [1.29, 1.82) is 0 Å². The van der Waals surface area contributed by atoms with Gasteiger partial charge >= 0.3 is 18.1 Å². The molecule has 0 bridgehead atoms. The molecule has 0 spiro atoms. The molecular formula is C28H27F4N3O5. The topological polar surface area (TPSA) is 110 Å². The number of carbonyl (C=O) groups is 3. The maximum absolute atomic E-state index is 14.1. The van der Waals surface area contributed by atoms with Gasteiger partial charge in [0.05, 0.1) is 22.5 Å². The second kappa shape index (κ2) is 12.5. The normalized spacial score (nSPS) is 15.1. The number of carboxylic acids is 2. The number of piperazine rings is 1. The third-order valence-electron chi connectivity index (χ3n) is 6.15. The number of aryl methyl sites for hydroxylation is 1. The Balaban J connectivity index is 0.000000559. The number of aromatic carboxylic acids is 1. The predicted octanol–water partition coefficient (Wildman–Crippen LogP) is 5.43. The van der Waals surface area contributed by atoms with Crippen LogP contribution in [-0.4, -0.2) is 59.9 Å². The number of benzene rings is 3. The number of halogens is 4. The first-order valence-corrected chi connectivity index (χ1v) is 12.1. The molecule has 1 saturated heterocycles. The first-order valence-electron chi connectivity index (χ1n) is 12.1. The molecule has 1 amide bonds. The summed E-state index contributed by atoms with van der Waals surface area (Å²) in [7, 11) is 0. The van der Waals surface area contributed by atoms with Crippen LogP contribution in [0.5, 0.6) is 0 Å². The van der Waals surface area contributed by atoms with E-state index in [0.29, 0.717) is 24.5 Å². The molecule has 12 heteroatoms. The van der Waals surface area contributed by atoms with Crippen LogP contribution >= 0.6 is 0 Å². The summed E-state index contributed by atoms with van der Waals surface area (Å²) in [4.78, 5) is 37.7. The molecule has 1 fully saturated rings. The number of nitrogens with zero attached hydrogens (tertiary/aromatic N) is 2. The largest absolute Gasteiger partial charge is 0.490 e. The molecule has 1 unspecified atom stereocenters. The summed E-state index contributed by atoms with van der Waals surface area (Å²) in [6.07, 6.45) is -5.08. The fraction of sp³-hybridized carbons (Fsp3) is 0.250. The van der Waals surface area contributed by atoms with E-state index in [1.165, 1.54) is 35.9 Å². The number of carboxylic acid groups (broad SMARTS) is 2. The summed E-state index contributed by atoms with van der Waals surface area (Å²) in [6.45, 7) is 6.35. The lowest BCUT2D eigenvalue weighted by Crippen LogP contribution is -2.52. The van der Waals surface area contributed by atoms with E-state index in [4.69, 9.17) is 9.90 Å². The van der Waals surface area contributed by atoms with E-state index in [1.807, 2.05) is 6.07 Å². The molecule has 8 nitrogen and oxygen atoms in total. The quantitative estimate of drug-likeness (QED) is 0.356. The van der Waals surface area contributed by atoms with E-state index in [0.717, 1.165) is 12.2 Å². The lowest BCUT2D eigenvalue weighted by Gasteiger charge is -2.43. The summed E-state index contributed by atoms with van der Waals surface area (Å²) in [6, 6.07) is 18.9. The Hall–Kier alpha value is -4.61. The molecule has 3 N–H and O–H groups in total.